The molecule has 1 aromatic heterocycles. The molecule has 1 amide bonds. The second-order valence-electron chi connectivity index (χ2n) is 7.59. The Kier molecular flexibility index (Phi) is 7.66. The van der Waals surface area contributed by atoms with Crippen LogP contribution in [0.1, 0.15) is 36.7 Å². The van der Waals surface area contributed by atoms with Crippen molar-refractivity contribution in [2.75, 3.05) is 13.2 Å². The van der Waals surface area contributed by atoms with Crippen LogP contribution in [0.25, 0.3) is 11.0 Å². The Bertz CT molecular complexity index is 1000. The molecule has 0 unspecified atom stereocenters. The van der Waals surface area contributed by atoms with Crippen LogP contribution in [0, 0.1) is 13.8 Å². The number of nitrogens with zero attached hydrogens (tertiary/aromatic N) is 2. The Balaban J connectivity index is 1.59. The number of benzene rings is 2. The fourth-order valence-corrected chi connectivity index (χ4v) is 3.66. The predicted molar refractivity (Wildman–Crippen MR) is 122 cm³/mol. The molecule has 3 aromatic rings. The third-order valence-electron chi connectivity index (χ3n) is 4.92. The molecule has 2 aromatic carbocycles. The molecule has 0 spiro atoms. The molecule has 0 aliphatic heterocycles. The van der Waals surface area contributed by atoms with Crippen LogP contribution < -0.4 is 10.1 Å². The lowest BCUT2D eigenvalue weighted by atomic mass is 10.1. The minimum Gasteiger partial charge on any atom is -0.494 e. The summed E-state index contributed by atoms with van der Waals surface area (Å²) in [5, 5.41) is 2.90. The van der Waals surface area contributed by atoms with Crippen molar-refractivity contribution in [3.63, 3.8) is 0 Å². The van der Waals surface area contributed by atoms with E-state index in [1.54, 1.807) is 12.2 Å². The molecule has 1 heterocycles. The Morgan fingerprint density at radius 3 is 2.67 bits per heavy atom. The van der Waals surface area contributed by atoms with E-state index in [9.17, 15) is 4.79 Å². The zero-order valence-electron chi connectivity index (χ0n) is 18.1. The largest absolute Gasteiger partial charge is 0.494 e. The van der Waals surface area contributed by atoms with Crippen molar-refractivity contribution in [1.29, 1.82) is 0 Å². The number of ether oxygens (including phenoxy) is 1. The molecular weight excluding hydrogens is 374 g/mol. The molecule has 0 saturated carbocycles. The number of carbonyl (C=O) groups is 1. The minimum atomic E-state index is -0.0467. The molecule has 0 aliphatic rings. The smallest absolute Gasteiger partial charge is 0.243 e. The molecule has 30 heavy (non-hydrogen) atoms. The summed E-state index contributed by atoms with van der Waals surface area (Å²) in [6.07, 6.45) is 5.87. The highest BCUT2D eigenvalue weighted by molar-refractivity contribution is 5.87. The SMILES string of the molecule is C/C=C\C(=O)NCCCc1nc2ccccc2n1CCCOc1cc(C)cc(C)c1. The van der Waals surface area contributed by atoms with Gasteiger partial charge in [-0.1, -0.05) is 24.3 Å². The van der Waals surface area contributed by atoms with E-state index in [-0.39, 0.29) is 5.91 Å². The van der Waals surface area contributed by atoms with E-state index in [1.807, 2.05) is 19.1 Å². The number of allylic oxidation sites excluding steroid dienone is 1. The van der Waals surface area contributed by atoms with Crippen molar-refractivity contribution in [2.45, 2.75) is 46.6 Å². The fourth-order valence-electron chi connectivity index (χ4n) is 3.66. The van der Waals surface area contributed by atoms with Gasteiger partial charge in [-0.15, -0.1) is 0 Å². The molecule has 1 N–H and O–H groups in total. The second-order valence-corrected chi connectivity index (χ2v) is 7.59. The lowest BCUT2D eigenvalue weighted by Crippen LogP contribution is -2.22. The Labute approximate surface area is 178 Å². The average molecular weight is 406 g/mol. The molecule has 5 nitrogen and oxygen atoms in total. The van der Waals surface area contributed by atoms with Gasteiger partial charge in [0, 0.05) is 19.5 Å². The van der Waals surface area contributed by atoms with Crippen LogP contribution in [0.4, 0.5) is 0 Å². The maximum absolute atomic E-state index is 11.6. The van der Waals surface area contributed by atoms with Crippen LogP contribution in [-0.4, -0.2) is 28.6 Å². The highest BCUT2D eigenvalue weighted by atomic mass is 16.5. The van der Waals surface area contributed by atoms with Gasteiger partial charge in [-0.3, -0.25) is 4.79 Å². The third-order valence-corrected chi connectivity index (χ3v) is 4.92. The summed E-state index contributed by atoms with van der Waals surface area (Å²) in [7, 11) is 0. The molecule has 5 heteroatoms. The highest BCUT2D eigenvalue weighted by Gasteiger charge is 2.10. The summed E-state index contributed by atoms with van der Waals surface area (Å²) in [6.45, 7) is 8.17. The first-order valence-electron chi connectivity index (χ1n) is 10.6. The molecule has 0 bridgehead atoms. The normalized spacial score (nSPS) is 11.3. The number of carbonyl (C=O) groups excluding carboxylic acids is 1. The number of nitrogens with one attached hydrogen (secondary N) is 1. The van der Waals surface area contributed by atoms with Gasteiger partial charge in [0.15, 0.2) is 0 Å². The summed E-state index contributed by atoms with van der Waals surface area (Å²) in [6, 6.07) is 14.5. The van der Waals surface area contributed by atoms with Crippen molar-refractivity contribution in [3.8, 4) is 5.75 Å². The zero-order chi connectivity index (χ0) is 21.3. The molecule has 0 aliphatic carbocycles. The van der Waals surface area contributed by atoms with E-state index in [0.717, 1.165) is 48.4 Å². The quantitative estimate of drug-likeness (QED) is 0.391. The molecule has 0 atom stereocenters. The first kappa shape index (κ1) is 21.6. The topological polar surface area (TPSA) is 56.2 Å². The van der Waals surface area contributed by atoms with Crippen molar-refractivity contribution < 1.29 is 9.53 Å². The van der Waals surface area contributed by atoms with Gasteiger partial charge >= 0.3 is 0 Å². The van der Waals surface area contributed by atoms with E-state index in [1.165, 1.54) is 11.1 Å². The molecule has 158 valence electrons. The summed E-state index contributed by atoms with van der Waals surface area (Å²) in [4.78, 5) is 16.4. The van der Waals surface area contributed by atoms with Crippen molar-refractivity contribution in [2.24, 2.45) is 0 Å². The lowest BCUT2D eigenvalue weighted by molar-refractivity contribution is -0.116. The van der Waals surface area contributed by atoms with E-state index >= 15 is 0 Å². The zero-order valence-corrected chi connectivity index (χ0v) is 18.1. The minimum absolute atomic E-state index is 0.0467. The summed E-state index contributed by atoms with van der Waals surface area (Å²) in [5.41, 5.74) is 4.60. The van der Waals surface area contributed by atoms with Gasteiger partial charge in [0.2, 0.25) is 5.91 Å². The number of aryl methyl sites for hydroxylation is 4. The van der Waals surface area contributed by atoms with Gasteiger partial charge in [0.05, 0.1) is 17.6 Å². The molecular formula is C25H31N3O2. The van der Waals surface area contributed by atoms with Crippen LogP contribution in [0.2, 0.25) is 0 Å². The summed E-state index contributed by atoms with van der Waals surface area (Å²) in [5.74, 6) is 1.94. The van der Waals surface area contributed by atoms with Gasteiger partial charge in [-0.2, -0.15) is 0 Å². The third kappa shape index (κ3) is 5.96. The Morgan fingerprint density at radius 2 is 1.90 bits per heavy atom. The van der Waals surface area contributed by atoms with Gasteiger partial charge in [-0.05, 0) is 75.1 Å². The van der Waals surface area contributed by atoms with Gasteiger partial charge < -0.3 is 14.6 Å². The lowest BCUT2D eigenvalue weighted by Gasteiger charge is -2.11. The standard InChI is InChI=1S/C25H31N3O2/c1-4-9-25(29)26-13-7-12-24-27-22-10-5-6-11-23(22)28(24)14-8-15-30-21-17-19(2)16-20(3)18-21/h4-6,9-11,16-18H,7-8,12-15H2,1-3H3,(H,26,29)/b9-4-. The van der Waals surface area contributed by atoms with Crippen LogP contribution in [0.3, 0.4) is 0 Å². The predicted octanol–water partition coefficient (Wildman–Crippen LogP) is 4.75. The van der Waals surface area contributed by atoms with Gasteiger partial charge in [-0.25, -0.2) is 4.98 Å². The number of aromatic nitrogens is 2. The Morgan fingerprint density at radius 1 is 1.13 bits per heavy atom. The summed E-state index contributed by atoms with van der Waals surface area (Å²) >= 11 is 0. The average Bonchev–Trinajstić information content (AvgIpc) is 3.05. The van der Waals surface area contributed by atoms with Gasteiger partial charge in [0.25, 0.3) is 0 Å². The number of hydrogen-bond donors (Lipinski definition) is 1. The van der Waals surface area contributed by atoms with Crippen molar-refractivity contribution in [3.05, 3.63) is 71.6 Å². The first-order chi connectivity index (χ1) is 14.6. The molecule has 0 radical (unpaired) electrons. The number of rotatable bonds is 10. The second kappa shape index (κ2) is 10.6. The van der Waals surface area contributed by atoms with E-state index < -0.39 is 0 Å². The Hall–Kier alpha value is -3.08. The van der Waals surface area contributed by atoms with E-state index in [2.05, 4.69) is 54.1 Å². The maximum atomic E-state index is 11.6. The van der Waals surface area contributed by atoms with Crippen LogP contribution >= 0.6 is 0 Å². The highest BCUT2D eigenvalue weighted by Crippen LogP contribution is 2.19. The molecule has 0 saturated heterocycles. The van der Waals surface area contributed by atoms with Gasteiger partial charge in [0.1, 0.15) is 11.6 Å². The van der Waals surface area contributed by atoms with Crippen LogP contribution in [0.5, 0.6) is 5.75 Å². The van der Waals surface area contributed by atoms with Crippen LogP contribution in [0.15, 0.2) is 54.6 Å². The number of hydrogen-bond acceptors (Lipinski definition) is 3. The molecule has 3 rings (SSSR count). The van der Waals surface area contributed by atoms with Crippen molar-refractivity contribution >= 4 is 16.9 Å². The number of amides is 1. The number of fused-ring (bicyclic) bond motifs is 1. The first-order valence-corrected chi connectivity index (χ1v) is 10.6. The maximum Gasteiger partial charge on any atom is 0.243 e. The van der Waals surface area contributed by atoms with E-state index in [4.69, 9.17) is 9.72 Å². The van der Waals surface area contributed by atoms with E-state index in [0.29, 0.717) is 13.2 Å². The van der Waals surface area contributed by atoms with Crippen molar-refractivity contribution in [1.82, 2.24) is 14.9 Å². The number of imidazole rings is 1. The monoisotopic (exact) mass is 405 g/mol. The summed E-state index contributed by atoms with van der Waals surface area (Å²) < 4.78 is 8.26. The fraction of sp³-hybridized carbons (Fsp3) is 0.360. The number of para-hydroxylation sites is 2. The van der Waals surface area contributed by atoms with Crippen LogP contribution in [-0.2, 0) is 17.8 Å². The molecule has 0 fully saturated rings.